The van der Waals surface area contributed by atoms with E-state index < -0.39 is 0 Å². The van der Waals surface area contributed by atoms with Crippen molar-refractivity contribution in [3.63, 3.8) is 0 Å². The molecule has 0 unspecified atom stereocenters. The van der Waals surface area contributed by atoms with Crippen molar-refractivity contribution in [2.24, 2.45) is 0 Å². The average Bonchev–Trinajstić information content (AvgIpc) is 3.07. The number of nitrogens with zero attached hydrogens (tertiary/aromatic N) is 1. The summed E-state index contributed by atoms with van der Waals surface area (Å²) in [6.07, 6.45) is 1.98. The van der Waals surface area contributed by atoms with Crippen molar-refractivity contribution in [2.75, 3.05) is 20.2 Å². The highest BCUT2D eigenvalue weighted by Gasteiger charge is 2.24. The van der Waals surface area contributed by atoms with Crippen LogP contribution in [0.4, 0.5) is 0 Å². The number of ether oxygens (including phenoxy) is 1. The second kappa shape index (κ2) is 6.04. The summed E-state index contributed by atoms with van der Waals surface area (Å²) in [4.78, 5) is 14.1. The Morgan fingerprint density at radius 1 is 1.17 bits per heavy atom. The number of phenolic OH excluding ortho intramolecular Hbond substituents is 2. The Morgan fingerprint density at radius 2 is 1.96 bits per heavy atom. The number of rotatable bonds is 3. The maximum absolute atomic E-state index is 12.5. The summed E-state index contributed by atoms with van der Waals surface area (Å²) in [7, 11) is 1.61. The quantitative estimate of drug-likeness (QED) is 0.855. The molecule has 0 aromatic heterocycles. The molecule has 23 heavy (non-hydrogen) atoms. The Morgan fingerprint density at radius 3 is 2.74 bits per heavy atom. The predicted octanol–water partition coefficient (Wildman–Crippen LogP) is 2.65. The Balaban J connectivity index is 1.78. The smallest absolute Gasteiger partial charge is 0.258 e. The zero-order valence-electron chi connectivity index (χ0n) is 12.7. The SMILES string of the molecule is COc1cccc(C2=CCN(C(=O)c3cccc(O)c3O)C2)c1. The molecule has 0 radical (unpaired) electrons. The molecule has 0 aliphatic carbocycles. The van der Waals surface area contributed by atoms with E-state index in [-0.39, 0.29) is 23.0 Å². The molecule has 118 valence electrons. The van der Waals surface area contributed by atoms with E-state index in [1.165, 1.54) is 18.2 Å². The van der Waals surface area contributed by atoms with Gasteiger partial charge in [-0.15, -0.1) is 0 Å². The van der Waals surface area contributed by atoms with Gasteiger partial charge in [-0.1, -0.05) is 24.3 Å². The number of hydrogen-bond acceptors (Lipinski definition) is 4. The molecule has 5 nitrogen and oxygen atoms in total. The number of carbonyl (C=O) groups is 1. The first kappa shape index (κ1) is 15.0. The van der Waals surface area contributed by atoms with Crippen molar-refractivity contribution in [3.8, 4) is 17.2 Å². The fraction of sp³-hybridized carbons (Fsp3) is 0.167. The lowest BCUT2D eigenvalue weighted by molar-refractivity contribution is 0.0798. The molecule has 2 aromatic rings. The third kappa shape index (κ3) is 2.85. The maximum Gasteiger partial charge on any atom is 0.258 e. The normalized spacial score (nSPS) is 13.8. The fourth-order valence-electron chi connectivity index (χ4n) is 2.62. The van der Waals surface area contributed by atoms with Gasteiger partial charge in [-0.05, 0) is 35.4 Å². The van der Waals surface area contributed by atoms with Crippen LogP contribution in [0.25, 0.3) is 5.57 Å². The number of benzene rings is 2. The number of phenols is 2. The van der Waals surface area contributed by atoms with Crippen LogP contribution in [-0.2, 0) is 0 Å². The van der Waals surface area contributed by atoms with Crippen LogP contribution in [0.3, 0.4) is 0 Å². The maximum atomic E-state index is 12.5. The molecule has 0 fully saturated rings. The Bertz CT molecular complexity index is 782. The van der Waals surface area contributed by atoms with Gasteiger partial charge in [-0.2, -0.15) is 0 Å². The van der Waals surface area contributed by atoms with Crippen molar-refractivity contribution >= 4 is 11.5 Å². The van der Waals surface area contributed by atoms with E-state index in [4.69, 9.17) is 4.74 Å². The zero-order chi connectivity index (χ0) is 16.4. The Kier molecular flexibility index (Phi) is 3.93. The zero-order valence-corrected chi connectivity index (χ0v) is 12.7. The highest BCUT2D eigenvalue weighted by Crippen LogP contribution is 2.31. The average molecular weight is 311 g/mol. The van der Waals surface area contributed by atoms with Crippen molar-refractivity contribution in [1.29, 1.82) is 0 Å². The number of hydrogen-bond donors (Lipinski definition) is 2. The van der Waals surface area contributed by atoms with Gasteiger partial charge in [0.15, 0.2) is 11.5 Å². The molecule has 2 N–H and O–H groups in total. The highest BCUT2D eigenvalue weighted by atomic mass is 16.5. The lowest BCUT2D eigenvalue weighted by Crippen LogP contribution is -2.28. The Hall–Kier alpha value is -2.95. The monoisotopic (exact) mass is 311 g/mol. The Labute approximate surface area is 134 Å². The van der Waals surface area contributed by atoms with Gasteiger partial charge < -0.3 is 19.8 Å². The van der Waals surface area contributed by atoms with E-state index in [0.717, 1.165) is 16.9 Å². The number of para-hydroxylation sites is 1. The first-order chi connectivity index (χ1) is 11.1. The molecule has 3 rings (SSSR count). The van der Waals surface area contributed by atoms with Gasteiger partial charge in [0.05, 0.1) is 12.7 Å². The highest BCUT2D eigenvalue weighted by molar-refractivity contribution is 5.99. The summed E-state index contributed by atoms with van der Waals surface area (Å²) < 4.78 is 5.22. The third-order valence-corrected chi connectivity index (χ3v) is 3.89. The first-order valence-corrected chi connectivity index (χ1v) is 7.24. The topological polar surface area (TPSA) is 70.0 Å². The second-order valence-electron chi connectivity index (χ2n) is 5.32. The predicted molar refractivity (Wildman–Crippen MR) is 86.6 cm³/mol. The van der Waals surface area contributed by atoms with Gasteiger partial charge in [0.2, 0.25) is 0 Å². The van der Waals surface area contributed by atoms with Crippen LogP contribution in [0.2, 0.25) is 0 Å². The van der Waals surface area contributed by atoms with Gasteiger partial charge in [-0.25, -0.2) is 0 Å². The van der Waals surface area contributed by atoms with Crippen LogP contribution in [0.1, 0.15) is 15.9 Å². The van der Waals surface area contributed by atoms with E-state index in [2.05, 4.69) is 0 Å². The minimum atomic E-state index is -0.382. The van der Waals surface area contributed by atoms with Crippen LogP contribution >= 0.6 is 0 Å². The van der Waals surface area contributed by atoms with Gasteiger partial charge in [0, 0.05) is 13.1 Å². The number of aromatic hydroxyl groups is 2. The molecule has 1 heterocycles. The van der Waals surface area contributed by atoms with Gasteiger partial charge >= 0.3 is 0 Å². The van der Waals surface area contributed by atoms with Crippen molar-refractivity contribution < 1.29 is 19.7 Å². The third-order valence-electron chi connectivity index (χ3n) is 3.89. The molecule has 0 bridgehead atoms. The van der Waals surface area contributed by atoms with Crippen LogP contribution in [0, 0.1) is 0 Å². The second-order valence-corrected chi connectivity index (χ2v) is 5.32. The van der Waals surface area contributed by atoms with Gasteiger partial charge in [0.1, 0.15) is 5.75 Å². The fourth-order valence-corrected chi connectivity index (χ4v) is 2.62. The summed E-state index contributed by atoms with van der Waals surface area (Å²) in [5.41, 5.74) is 2.13. The standard InChI is InChI=1S/C18H17NO4/c1-23-14-5-2-4-12(10-14)13-8-9-19(11-13)18(22)15-6-3-7-16(20)17(15)21/h2-8,10,20-21H,9,11H2,1H3. The molecule has 1 aliphatic rings. The molecule has 0 saturated heterocycles. The van der Waals surface area contributed by atoms with Crippen LogP contribution in [-0.4, -0.2) is 41.2 Å². The lowest BCUT2D eigenvalue weighted by Gasteiger charge is -2.17. The summed E-state index contributed by atoms with van der Waals surface area (Å²) in [6, 6.07) is 12.0. The number of amides is 1. The van der Waals surface area contributed by atoms with E-state index in [1.54, 1.807) is 12.0 Å². The number of carbonyl (C=O) groups excluding carboxylic acids is 1. The summed E-state index contributed by atoms with van der Waals surface area (Å²) in [6.45, 7) is 0.904. The minimum absolute atomic E-state index is 0.102. The largest absolute Gasteiger partial charge is 0.504 e. The molecule has 2 aromatic carbocycles. The molecule has 1 aliphatic heterocycles. The summed E-state index contributed by atoms with van der Waals surface area (Å²) >= 11 is 0. The van der Waals surface area contributed by atoms with Crippen molar-refractivity contribution in [1.82, 2.24) is 4.90 Å². The van der Waals surface area contributed by atoms with Crippen LogP contribution in [0.15, 0.2) is 48.5 Å². The lowest BCUT2D eigenvalue weighted by atomic mass is 10.1. The minimum Gasteiger partial charge on any atom is -0.504 e. The van der Waals surface area contributed by atoms with Crippen molar-refractivity contribution in [2.45, 2.75) is 0 Å². The van der Waals surface area contributed by atoms with Crippen LogP contribution in [0.5, 0.6) is 17.2 Å². The van der Waals surface area contributed by atoms with E-state index in [9.17, 15) is 15.0 Å². The summed E-state index contributed by atoms with van der Waals surface area (Å²) in [5.74, 6) is -0.227. The molecule has 0 saturated carbocycles. The van der Waals surface area contributed by atoms with Crippen LogP contribution < -0.4 is 4.74 Å². The van der Waals surface area contributed by atoms with E-state index in [1.807, 2.05) is 30.3 Å². The molecular formula is C18H17NO4. The molecule has 0 spiro atoms. The number of methoxy groups -OCH3 is 1. The van der Waals surface area contributed by atoms with Gasteiger partial charge in [-0.3, -0.25) is 4.79 Å². The first-order valence-electron chi connectivity index (χ1n) is 7.24. The van der Waals surface area contributed by atoms with Crippen molar-refractivity contribution in [3.05, 3.63) is 59.7 Å². The summed E-state index contributed by atoms with van der Waals surface area (Å²) in [5, 5.41) is 19.4. The van der Waals surface area contributed by atoms with Gasteiger partial charge in [0.25, 0.3) is 5.91 Å². The molecule has 0 atom stereocenters. The molecule has 1 amide bonds. The van der Waals surface area contributed by atoms with E-state index >= 15 is 0 Å². The molecular weight excluding hydrogens is 294 g/mol. The van der Waals surface area contributed by atoms with E-state index in [0.29, 0.717) is 13.1 Å². The molecule has 5 heteroatoms.